The molecule has 0 saturated heterocycles. The van der Waals surface area contributed by atoms with Crippen molar-refractivity contribution in [3.63, 3.8) is 0 Å². The van der Waals surface area contributed by atoms with Crippen LogP contribution in [-0.4, -0.2) is 16.6 Å². The summed E-state index contributed by atoms with van der Waals surface area (Å²) >= 11 is 0. The summed E-state index contributed by atoms with van der Waals surface area (Å²) in [5.41, 5.74) is 6.05. The van der Waals surface area contributed by atoms with Crippen molar-refractivity contribution in [1.82, 2.24) is 0 Å². The monoisotopic (exact) mass is 205 g/mol. The minimum Gasteiger partial charge on any atom is -0.480 e. The van der Waals surface area contributed by atoms with Gasteiger partial charge in [0.05, 0.1) is 0 Å². The summed E-state index contributed by atoms with van der Waals surface area (Å²) in [6.07, 6.45) is 0.242. The second kappa shape index (κ2) is 4.28. The number of carbonyl (C=O) groups is 1. The minimum atomic E-state index is -1.26. The van der Waals surface area contributed by atoms with Crippen LogP contribution in [-0.2, 0) is 4.79 Å². The van der Waals surface area contributed by atoms with Crippen LogP contribution in [0.1, 0.15) is 18.9 Å². The summed E-state index contributed by atoms with van der Waals surface area (Å²) < 4.78 is 0. The highest BCUT2D eigenvalue weighted by Crippen LogP contribution is 2.21. The Labute approximate surface area is 89.2 Å². The van der Waals surface area contributed by atoms with Gasteiger partial charge in [0.25, 0.3) is 0 Å². The van der Waals surface area contributed by atoms with Crippen LogP contribution in [0, 0.1) is 0 Å². The molecule has 0 unspecified atom stereocenters. The van der Waals surface area contributed by atoms with Crippen LogP contribution in [0.5, 0.6) is 0 Å². The standard InChI is InChI=1S/C12H15NO2/c1-9(8-12(2,13)11(14)15)10-6-4-3-5-7-10/h3-7H,1,8,13H2,2H3,(H,14,15)/t12-/m1/s1. The molecule has 3 heteroatoms. The van der Waals surface area contributed by atoms with Crippen LogP contribution < -0.4 is 5.73 Å². The average molecular weight is 205 g/mol. The molecule has 0 fully saturated rings. The van der Waals surface area contributed by atoms with Crippen molar-refractivity contribution in [2.75, 3.05) is 0 Å². The number of rotatable bonds is 4. The highest BCUT2D eigenvalue weighted by Gasteiger charge is 2.28. The predicted octanol–water partition coefficient (Wildman–Crippen LogP) is 1.89. The molecule has 1 atom stereocenters. The van der Waals surface area contributed by atoms with E-state index in [1.54, 1.807) is 0 Å². The Bertz CT molecular complexity index is 368. The van der Waals surface area contributed by atoms with Crippen molar-refractivity contribution < 1.29 is 9.90 Å². The van der Waals surface area contributed by atoms with E-state index >= 15 is 0 Å². The van der Waals surface area contributed by atoms with Gasteiger partial charge in [-0.2, -0.15) is 0 Å². The largest absolute Gasteiger partial charge is 0.480 e. The third kappa shape index (κ3) is 2.92. The molecule has 0 bridgehead atoms. The lowest BCUT2D eigenvalue weighted by molar-refractivity contribution is -0.142. The van der Waals surface area contributed by atoms with E-state index in [2.05, 4.69) is 6.58 Å². The van der Waals surface area contributed by atoms with Crippen LogP contribution in [0.15, 0.2) is 36.9 Å². The van der Waals surface area contributed by atoms with E-state index in [1.807, 2.05) is 30.3 Å². The van der Waals surface area contributed by atoms with Crippen molar-refractivity contribution in [2.24, 2.45) is 5.73 Å². The fraction of sp³-hybridized carbons (Fsp3) is 0.250. The van der Waals surface area contributed by atoms with Gasteiger partial charge in [-0.15, -0.1) is 0 Å². The number of aliphatic carboxylic acids is 1. The van der Waals surface area contributed by atoms with Crippen molar-refractivity contribution in [3.05, 3.63) is 42.5 Å². The smallest absolute Gasteiger partial charge is 0.323 e. The Balaban J connectivity index is 2.77. The zero-order valence-corrected chi connectivity index (χ0v) is 8.73. The molecule has 1 rings (SSSR count). The van der Waals surface area contributed by atoms with Crippen LogP contribution >= 0.6 is 0 Å². The van der Waals surface area contributed by atoms with Crippen LogP contribution in [0.25, 0.3) is 5.57 Å². The zero-order chi connectivity index (χ0) is 11.5. The number of hydrogen-bond acceptors (Lipinski definition) is 2. The maximum Gasteiger partial charge on any atom is 0.323 e. The molecule has 0 radical (unpaired) electrons. The first-order valence-electron chi connectivity index (χ1n) is 4.69. The van der Waals surface area contributed by atoms with Crippen molar-refractivity contribution in [2.45, 2.75) is 18.9 Å². The molecule has 0 saturated carbocycles. The molecule has 1 aromatic carbocycles. The number of carboxylic acids is 1. The van der Waals surface area contributed by atoms with Crippen molar-refractivity contribution in [1.29, 1.82) is 0 Å². The molecule has 0 aliphatic carbocycles. The van der Waals surface area contributed by atoms with Gasteiger partial charge in [0.2, 0.25) is 0 Å². The minimum absolute atomic E-state index is 0.242. The van der Waals surface area contributed by atoms with Gasteiger partial charge in [0.1, 0.15) is 5.54 Å². The highest BCUT2D eigenvalue weighted by molar-refractivity contribution is 5.81. The first-order valence-corrected chi connectivity index (χ1v) is 4.69. The lowest BCUT2D eigenvalue weighted by atomic mass is 9.91. The molecule has 80 valence electrons. The lowest BCUT2D eigenvalue weighted by Crippen LogP contribution is -2.44. The Morgan fingerprint density at radius 2 is 2.00 bits per heavy atom. The van der Waals surface area contributed by atoms with Crippen molar-refractivity contribution in [3.8, 4) is 0 Å². The van der Waals surface area contributed by atoms with Gasteiger partial charge >= 0.3 is 5.97 Å². The fourth-order valence-electron chi connectivity index (χ4n) is 1.29. The van der Waals surface area contributed by atoms with Gasteiger partial charge in [-0.05, 0) is 18.1 Å². The number of nitrogens with two attached hydrogens (primary N) is 1. The molecule has 3 nitrogen and oxygen atoms in total. The molecule has 0 spiro atoms. The summed E-state index contributed by atoms with van der Waals surface area (Å²) in [4.78, 5) is 10.8. The Hall–Kier alpha value is -1.61. The number of hydrogen-bond donors (Lipinski definition) is 2. The van der Waals surface area contributed by atoms with Crippen LogP contribution in [0.2, 0.25) is 0 Å². The average Bonchev–Trinajstić information content (AvgIpc) is 2.18. The molecule has 0 aromatic heterocycles. The topological polar surface area (TPSA) is 63.3 Å². The van der Waals surface area contributed by atoms with Gasteiger partial charge < -0.3 is 10.8 Å². The Kier molecular flexibility index (Phi) is 3.27. The first kappa shape index (κ1) is 11.5. The second-order valence-electron chi connectivity index (χ2n) is 3.87. The summed E-state index contributed by atoms with van der Waals surface area (Å²) in [6.45, 7) is 5.34. The Morgan fingerprint density at radius 3 is 2.47 bits per heavy atom. The van der Waals surface area contributed by atoms with Gasteiger partial charge in [-0.25, -0.2) is 0 Å². The molecule has 0 heterocycles. The second-order valence-corrected chi connectivity index (χ2v) is 3.87. The predicted molar refractivity (Wildman–Crippen MR) is 60.3 cm³/mol. The summed E-state index contributed by atoms with van der Waals surface area (Å²) in [5.74, 6) is -1.01. The molecule has 0 amide bonds. The van der Waals surface area contributed by atoms with E-state index in [9.17, 15) is 4.79 Å². The van der Waals surface area contributed by atoms with Gasteiger partial charge in [-0.3, -0.25) is 4.79 Å². The molecule has 0 aliphatic heterocycles. The normalized spacial score (nSPS) is 14.3. The molecule has 0 aliphatic rings. The molecular weight excluding hydrogens is 190 g/mol. The molecule has 1 aromatic rings. The highest BCUT2D eigenvalue weighted by atomic mass is 16.4. The van der Waals surface area contributed by atoms with Crippen LogP contribution in [0.3, 0.4) is 0 Å². The van der Waals surface area contributed by atoms with E-state index in [0.717, 1.165) is 11.1 Å². The SMILES string of the molecule is C=C(C[C@@](C)(N)C(=O)O)c1ccccc1. The summed E-state index contributed by atoms with van der Waals surface area (Å²) in [5, 5.41) is 8.87. The number of carboxylic acid groups (broad SMARTS) is 1. The van der Waals surface area contributed by atoms with Gasteiger partial charge in [0, 0.05) is 6.42 Å². The van der Waals surface area contributed by atoms with Crippen molar-refractivity contribution >= 4 is 11.5 Å². The molecular formula is C12H15NO2. The van der Waals surface area contributed by atoms with Gasteiger partial charge in [0.15, 0.2) is 0 Å². The quantitative estimate of drug-likeness (QED) is 0.789. The third-order valence-electron chi connectivity index (χ3n) is 2.25. The summed E-state index contributed by atoms with van der Waals surface area (Å²) in [7, 11) is 0. The third-order valence-corrected chi connectivity index (χ3v) is 2.25. The van der Waals surface area contributed by atoms with Crippen LogP contribution in [0.4, 0.5) is 0 Å². The fourth-order valence-corrected chi connectivity index (χ4v) is 1.29. The first-order chi connectivity index (χ1) is 6.93. The zero-order valence-electron chi connectivity index (χ0n) is 8.73. The van der Waals surface area contributed by atoms with E-state index < -0.39 is 11.5 Å². The Morgan fingerprint density at radius 1 is 1.47 bits per heavy atom. The summed E-state index contributed by atoms with van der Waals surface area (Å²) in [6, 6.07) is 9.44. The maximum atomic E-state index is 10.8. The van der Waals surface area contributed by atoms with Gasteiger partial charge in [-0.1, -0.05) is 36.9 Å². The maximum absolute atomic E-state index is 10.8. The lowest BCUT2D eigenvalue weighted by Gasteiger charge is -2.20. The van der Waals surface area contributed by atoms with E-state index in [4.69, 9.17) is 10.8 Å². The van der Waals surface area contributed by atoms with E-state index in [-0.39, 0.29) is 6.42 Å². The number of benzene rings is 1. The van der Waals surface area contributed by atoms with E-state index in [0.29, 0.717) is 0 Å². The molecule has 15 heavy (non-hydrogen) atoms. The van der Waals surface area contributed by atoms with E-state index in [1.165, 1.54) is 6.92 Å². The molecule has 3 N–H and O–H groups in total.